The summed E-state index contributed by atoms with van der Waals surface area (Å²) in [6, 6.07) is 3.74. The molecule has 5 nitrogen and oxygen atoms in total. The summed E-state index contributed by atoms with van der Waals surface area (Å²) in [5.41, 5.74) is 0.278. The average molecular weight is 268 g/mol. The quantitative estimate of drug-likeness (QED) is 0.902. The first-order valence-electron chi connectivity index (χ1n) is 5.74. The highest BCUT2D eigenvalue weighted by atomic mass is 35.5. The van der Waals surface area contributed by atoms with E-state index in [1.54, 1.807) is 12.5 Å². The smallest absolute Gasteiger partial charge is 0.287 e. The Balaban J connectivity index is 2.02. The summed E-state index contributed by atoms with van der Waals surface area (Å²) < 4.78 is 6.53. The SMILES string of the molecule is CCn1ncc(NCCc2ccco2)c(Cl)c1=O. The molecule has 0 spiro atoms. The van der Waals surface area contributed by atoms with Crippen LogP contribution in [0.5, 0.6) is 0 Å². The fraction of sp³-hybridized carbons (Fsp3) is 0.333. The van der Waals surface area contributed by atoms with Crippen molar-refractivity contribution in [3.8, 4) is 0 Å². The highest BCUT2D eigenvalue weighted by Crippen LogP contribution is 2.15. The highest BCUT2D eigenvalue weighted by Gasteiger charge is 2.07. The molecule has 2 rings (SSSR count). The van der Waals surface area contributed by atoms with E-state index in [0.717, 1.165) is 12.2 Å². The van der Waals surface area contributed by atoms with Crippen LogP contribution in [0.2, 0.25) is 5.02 Å². The van der Waals surface area contributed by atoms with Crippen LogP contribution in [0.4, 0.5) is 5.69 Å². The van der Waals surface area contributed by atoms with Crippen LogP contribution in [0, 0.1) is 0 Å². The second kappa shape index (κ2) is 5.73. The molecular weight excluding hydrogens is 254 g/mol. The van der Waals surface area contributed by atoms with Gasteiger partial charge in [0.25, 0.3) is 5.56 Å². The molecule has 0 aliphatic heterocycles. The molecule has 1 N–H and O–H groups in total. The summed E-state index contributed by atoms with van der Waals surface area (Å²) in [5, 5.41) is 7.26. The van der Waals surface area contributed by atoms with Crippen molar-refractivity contribution in [2.45, 2.75) is 19.9 Å². The van der Waals surface area contributed by atoms with Crippen molar-refractivity contribution in [1.82, 2.24) is 9.78 Å². The van der Waals surface area contributed by atoms with Gasteiger partial charge in [-0.2, -0.15) is 5.10 Å². The molecule has 0 aromatic carbocycles. The first kappa shape index (κ1) is 12.7. The predicted octanol–water partition coefficient (Wildman–Crippen LogP) is 2.16. The second-order valence-electron chi connectivity index (χ2n) is 3.75. The standard InChI is InChI=1S/C12H14ClN3O2/c1-2-16-12(17)11(13)10(8-15-16)14-6-5-9-4-3-7-18-9/h3-4,7-8,14H,2,5-6H2,1H3. The van der Waals surface area contributed by atoms with Gasteiger partial charge < -0.3 is 9.73 Å². The number of furan rings is 1. The maximum atomic E-state index is 11.7. The molecule has 0 saturated carbocycles. The third-order valence-corrected chi connectivity index (χ3v) is 2.92. The van der Waals surface area contributed by atoms with Gasteiger partial charge in [-0.3, -0.25) is 4.79 Å². The number of hydrogen-bond acceptors (Lipinski definition) is 4. The molecule has 0 aliphatic carbocycles. The van der Waals surface area contributed by atoms with Gasteiger partial charge in [-0.1, -0.05) is 11.6 Å². The van der Waals surface area contributed by atoms with Gasteiger partial charge in [-0.05, 0) is 19.1 Å². The predicted molar refractivity (Wildman–Crippen MR) is 70.1 cm³/mol. The van der Waals surface area contributed by atoms with Gasteiger partial charge >= 0.3 is 0 Å². The van der Waals surface area contributed by atoms with Crippen LogP contribution in [-0.4, -0.2) is 16.3 Å². The Labute approximate surface area is 109 Å². The van der Waals surface area contributed by atoms with Crippen molar-refractivity contribution in [1.29, 1.82) is 0 Å². The zero-order valence-corrected chi connectivity index (χ0v) is 10.8. The lowest BCUT2D eigenvalue weighted by Crippen LogP contribution is -2.23. The number of hydrogen-bond donors (Lipinski definition) is 1. The minimum Gasteiger partial charge on any atom is -0.469 e. The summed E-state index contributed by atoms with van der Waals surface area (Å²) >= 11 is 5.98. The molecule has 2 heterocycles. The van der Waals surface area contributed by atoms with E-state index in [4.69, 9.17) is 16.0 Å². The van der Waals surface area contributed by atoms with Crippen molar-refractivity contribution < 1.29 is 4.42 Å². The van der Waals surface area contributed by atoms with Crippen LogP contribution in [0.1, 0.15) is 12.7 Å². The molecule has 0 bridgehead atoms. The number of aromatic nitrogens is 2. The maximum absolute atomic E-state index is 11.7. The van der Waals surface area contributed by atoms with Gasteiger partial charge in [0, 0.05) is 19.5 Å². The van der Waals surface area contributed by atoms with Gasteiger partial charge in [-0.25, -0.2) is 4.68 Å². The lowest BCUT2D eigenvalue weighted by molar-refractivity contribution is 0.513. The fourth-order valence-electron chi connectivity index (χ4n) is 1.59. The van der Waals surface area contributed by atoms with Crippen LogP contribution in [-0.2, 0) is 13.0 Å². The molecule has 0 aliphatic rings. The largest absolute Gasteiger partial charge is 0.469 e. The molecule has 0 saturated heterocycles. The van der Waals surface area contributed by atoms with Crippen molar-refractivity contribution >= 4 is 17.3 Å². The van der Waals surface area contributed by atoms with E-state index in [2.05, 4.69) is 10.4 Å². The summed E-state index contributed by atoms with van der Waals surface area (Å²) in [4.78, 5) is 11.7. The molecule has 0 radical (unpaired) electrons. The summed E-state index contributed by atoms with van der Waals surface area (Å²) in [7, 11) is 0. The van der Waals surface area contributed by atoms with Crippen molar-refractivity contribution in [3.63, 3.8) is 0 Å². The second-order valence-corrected chi connectivity index (χ2v) is 4.13. The Morgan fingerprint density at radius 2 is 2.39 bits per heavy atom. The number of anilines is 1. The minimum atomic E-state index is -0.276. The third-order valence-electron chi connectivity index (χ3n) is 2.55. The molecule has 0 atom stereocenters. The number of nitrogens with one attached hydrogen (secondary N) is 1. The Morgan fingerprint density at radius 1 is 1.56 bits per heavy atom. The van der Waals surface area contributed by atoms with Gasteiger partial charge in [0.2, 0.25) is 0 Å². The molecule has 18 heavy (non-hydrogen) atoms. The van der Waals surface area contributed by atoms with E-state index in [1.807, 2.05) is 19.1 Å². The maximum Gasteiger partial charge on any atom is 0.287 e. The molecule has 0 amide bonds. The Morgan fingerprint density at radius 3 is 3.06 bits per heavy atom. The molecular formula is C12H14ClN3O2. The van der Waals surface area contributed by atoms with E-state index < -0.39 is 0 Å². The number of aryl methyl sites for hydroxylation is 1. The number of halogens is 1. The summed E-state index contributed by atoms with van der Waals surface area (Å²) in [6.45, 7) is 2.98. The highest BCUT2D eigenvalue weighted by molar-refractivity contribution is 6.32. The molecule has 0 fully saturated rings. The van der Waals surface area contributed by atoms with Crippen molar-refractivity contribution in [2.24, 2.45) is 0 Å². The summed E-state index contributed by atoms with van der Waals surface area (Å²) in [6.07, 6.45) is 3.92. The Kier molecular flexibility index (Phi) is 4.04. The Hall–Kier alpha value is -1.75. The van der Waals surface area contributed by atoms with E-state index in [-0.39, 0.29) is 10.6 Å². The van der Waals surface area contributed by atoms with Gasteiger partial charge in [0.1, 0.15) is 10.8 Å². The third kappa shape index (κ3) is 2.73. The normalized spacial score (nSPS) is 10.6. The minimum absolute atomic E-state index is 0.172. The number of nitrogens with zero attached hydrogens (tertiary/aromatic N) is 2. The molecule has 2 aromatic heterocycles. The van der Waals surface area contributed by atoms with Crippen LogP contribution < -0.4 is 10.9 Å². The van der Waals surface area contributed by atoms with Crippen LogP contribution in [0.15, 0.2) is 33.8 Å². The lowest BCUT2D eigenvalue weighted by Gasteiger charge is -2.08. The van der Waals surface area contributed by atoms with E-state index in [1.165, 1.54) is 4.68 Å². The molecule has 96 valence electrons. The molecule has 0 unspecified atom stereocenters. The molecule has 6 heteroatoms. The number of rotatable bonds is 5. The molecule has 2 aromatic rings. The first-order chi connectivity index (χ1) is 8.72. The zero-order valence-electron chi connectivity index (χ0n) is 10.0. The van der Waals surface area contributed by atoms with Crippen molar-refractivity contribution in [3.05, 3.63) is 45.7 Å². The van der Waals surface area contributed by atoms with E-state index >= 15 is 0 Å². The monoisotopic (exact) mass is 267 g/mol. The fourth-order valence-corrected chi connectivity index (χ4v) is 1.80. The van der Waals surface area contributed by atoms with Crippen LogP contribution in [0.25, 0.3) is 0 Å². The van der Waals surface area contributed by atoms with Crippen LogP contribution >= 0.6 is 11.6 Å². The Bertz CT molecular complexity index is 563. The van der Waals surface area contributed by atoms with Crippen molar-refractivity contribution in [2.75, 3.05) is 11.9 Å². The lowest BCUT2D eigenvalue weighted by atomic mass is 10.3. The van der Waals surface area contributed by atoms with Gasteiger partial charge in [-0.15, -0.1) is 0 Å². The topological polar surface area (TPSA) is 60.1 Å². The average Bonchev–Trinajstić information content (AvgIpc) is 2.88. The van der Waals surface area contributed by atoms with Crippen LogP contribution in [0.3, 0.4) is 0 Å². The first-order valence-corrected chi connectivity index (χ1v) is 6.12. The zero-order chi connectivity index (χ0) is 13.0. The van der Waals surface area contributed by atoms with Gasteiger partial charge in [0.15, 0.2) is 0 Å². The van der Waals surface area contributed by atoms with Gasteiger partial charge in [0.05, 0.1) is 18.1 Å². The van der Waals surface area contributed by atoms with E-state index in [9.17, 15) is 4.79 Å². The van der Waals surface area contributed by atoms with E-state index in [0.29, 0.717) is 18.8 Å². The summed E-state index contributed by atoms with van der Waals surface area (Å²) in [5.74, 6) is 0.883.